The molecular formula is C17H21NO2. The summed E-state index contributed by atoms with van der Waals surface area (Å²) in [6.45, 7) is 4.17. The second-order valence-electron chi connectivity index (χ2n) is 5.03. The van der Waals surface area contributed by atoms with Gasteiger partial charge in [0.1, 0.15) is 5.75 Å². The van der Waals surface area contributed by atoms with Crippen LogP contribution in [-0.4, -0.2) is 18.8 Å². The maximum atomic E-state index is 9.66. The minimum absolute atomic E-state index is 0.0418. The molecule has 0 saturated heterocycles. The molecular weight excluding hydrogens is 250 g/mol. The lowest BCUT2D eigenvalue weighted by molar-refractivity contribution is 0.276. The highest BCUT2D eigenvalue weighted by atomic mass is 16.5. The third-order valence-electron chi connectivity index (χ3n) is 3.24. The first-order valence-electron chi connectivity index (χ1n) is 6.72. The van der Waals surface area contributed by atoms with Crippen molar-refractivity contribution in [2.24, 2.45) is 0 Å². The van der Waals surface area contributed by atoms with Crippen molar-refractivity contribution in [2.75, 3.05) is 19.0 Å². The van der Waals surface area contributed by atoms with E-state index in [-0.39, 0.29) is 12.6 Å². The van der Waals surface area contributed by atoms with Gasteiger partial charge in [-0.05, 0) is 31.5 Å². The highest BCUT2D eigenvalue weighted by molar-refractivity contribution is 5.50. The van der Waals surface area contributed by atoms with Crippen molar-refractivity contribution in [2.45, 2.75) is 19.9 Å². The number of nitrogens with one attached hydrogen (secondary N) is 1. The molecule has 0 radical (unpaired) electrons. The quantitative estimate of drug-likeness (QED) is 0.875. The lowest BCUT2D eigenvalue weighted by atomic mass is 10.0. The molecule has 20 heavy (non-hydrogen) atoms. The molecule has 0 amide bonds. The van der Waals surface area contributed by atoms with Gasteiger partial charge in [-0.15, -0.1) is 0 Å². The smallest absolute Gasteiger partial charge is 0.120 e. The summed E-state index contributed by atoms with van der Waals surface area (Å²) in [4.78, 5) is 0. The summed E-state index contributed by atoms with van der Waals surface area (Å²) in [5.41, 5.74) is 4.42. The molecule has 3 heteroatoms. The van der Waals surface area contributed by atoms with E-state index in [9.17, 15) is 5.11 Å². The summed E-state index contributed by atoms with van der Waals surface area (Å²) in [7, 11) is 1.65. The van der Waals surface area contributed by atoms with Gasteiger partial charge in [-0.3, -0.25) is 0 Å². The number of methoxy groups -OCH3 is 1. The molecule has 0 aromatic heterocycles. The van der Waals surface area contributed by atoms with E-state index >= 15 is 0 Å². The van der Waals surface area contributed by atoms with E-state index in [2.05, 4.69) is 37.4 Å². The molecule has 2 aromatic carbocycles. The van der Waals surface area contributed by atoms with Gasteiger partial charge in [0.2, 0.25) is 0 Å². The second-order valence-corrected chi connectivity index (χ2v) is 5.03. The van der Waals surface area contributed by atoms with E-state index in [1.807, 2.05) is 24.3 Å². The lowest BCUT2D eigenvalue weighted by Gasteiger charge is -2.19. The van der Waals surface area contributed by atoms with Gasteiger partial charge in [-0.2, -0.15) is 0 Å². The Balaban J connectivity index is 2.23. The third kappa shape index (κ3) is 3.52. The Morgan fingerprint density at radius 1 is 1.10 bits per heavy atom. The lowest BCUT2D eigenvalue weighted by Crippen LogP contribution is -2.15. The maximum Gasteiger partial charge on any atom is 0.120 e. The molecule has 0 heterocycles. The molecule has 1 unspecified atom stereocenters. The van der Waals surface area contributed by atoms with Gasteiger partial charge < -0.3 is 15.2 Å². The summed E-state index contributed by atoms with van der Waals surface area (Å²) < 4.78 is 5.21. The Morgan fingerprint density at radius 2 is 1.80 bits per heavy atom. The fraction of sp³-hybridized carbons (Fsp3) is 0.294. The number of benzene rings is 2. The predicted molar refractivity (Wildman–Crippen MR) is 82.4 cm³/mol. The van der Waals surface area contributed by atoms with E-state index in [1.54, 1.807) is 7.11 Å². The minimum atomic E-state index is -0.124. The second kappa shape index (κ2) is 6.44. The molecule has 0 aliphatic rings. The van der Waals surface area contributed by atoms with E-state index in [4.69, 9.17) is 4.74 Å². The predicted octanol–water partition coefficient (Wildman–Crippen LogP) is 3.46. The maximum absolute atomic E-state index is 9.66. The molecule has 0 aliphatic carbocycles. The Bertz CT molecular complexity index is 561. The van der Waals surface area contributed by atoms with Gasteiger partial charge in [0.25, 0.3) is 0 Å². The van der Waals surface area contributed by atoms with E-state index in [0.29, 0.717) is 0 Å². The number of ether oxygens (including phenoxy) is 1. The van der Waals surface area contributed by atoms with Crippen LogP contribution in [0.5, 0.6) is 5.75 Å². The van der Waals surface area contributed by atoms with Gasteiger partial charge in [-0.1, -0.05) is 35.4 Å². The Kier molecular flexibility index (Phi) is 4.64. The number of aliphatic hydroxyl groups excluding tert-OH is 1. The van der Waals surface area contributed by atoms with Crippen LogP contribution < -0.4 is 10.1 Å². The molecule has 2 N–H and O–H groups in total. The summed E-state index contributed by atoms with van der Waals surface area (Å²) in [6, 6.07) is 13.9. The number of hydrogen-bond donors (Lipinski definition) is 2. The number of aryl methyl sites for hydroxylation is 2. The SMILES string of the molecule is COc1cccc(NC(CO)c2cc(C)cc(C)c2)c1. The van der Waals surface area contributed by atoms with Crippen LogP contribution in [0.15, 0.2) is 42.5 Å². The van der Waals surface area contributed by atoms with Gasteiger partial charge in [0.15, 0.2) is 0 Å². The van der Waals surface area contributed by atoms with E-state index in [0.717, 1.165) is 17.0 Å². The topological polar surface area (TPSA) is 41.5 Å². The number of hydrogen-bond acceptors (Lipinski definition) is 3. The fourth-order valence-corrected chi connectivity index (χ4v) is 2.36. The first-order valence-corrected chi connectivity index (χ1v) is 6.72. The average Bonchev–Trinajstić information content (AvgIpc) is 2.44. The van der Waals surface area contributed by atoms with Crippen molar-refractivity contribution in [1.29, 1.82) is 0 Å². The summed E-state index contributed by atoms with van der Waals surface area (Å²) in [6.07, 6.45) is 0. The van der Waals surface area contributed by atoms with Crippen molar-refractivity contribution < 1.29 is 9.84 Å². The zero-order chi connectivity index (χ0) is 14.5. The third-order valence-corrected chi connectivity index (χ3v) is 3.24. The fourth-order valence-electron chi connectivity index (χ4n) is 2.36. The monoisotopic (exact) mass is 271 g/mol. The number of rotatable bonds is 5. The summed E-state index contributed by atoms with van der Waals surface area (Å²) in [5, 5.41) is 13.0. The van der Waals surface area contributed by atoms with Gasteiger partial charge in [0, 0.05) is 11.8 Å². The highest BCUT2D eigenvalue weighted by Gasteiger charge is 2.11. The van der Waals surface area contributed by atoms with E-state index in [1.165, 1.54) is 11.1 Å². The first kappa shape index (κ1) is 14.4. The molecule has 0 bridgehead atoms. The van der Waals surface area contributed by atoms with Crippen molar-refractivity contribution >= 4 is 5.69 Å². The molecule has 2 aromatic rings. The zero-order valence-corrected chi connectivity index (χ0v) is 12.2. The molecule has 1 atom stereocenters. The van der Waals surface area contributed by atoms with Crippen LogP contribution in [0.3, 0.4) is 0 Å². The average molecular weight is 271 g/mol. The van der Waals surface area contributed by atoms with Crippen LogP contribution in [-0.2, 0) is 0 Å². The number of anilines is 1. The Hall–Kier alpha value is -2.00. The van der Waals surface area contributed by atoms with Crippen LogP contribution >= 0.6 is 0 Å². The van der Waals surface area contributed by atoms with Crippen molar-refractivity contribution in [3.8, 4) is 5.75 Å². The Morgan fingerprint density at radius 3 is 2.40 bits per heavy atom. The standard InChI is InChI=1S/C17H21NO2/c1-12-7-13(2)9-14(8-12)17(11-19)18-15-5-4-6-16(10-15)20-3/h4-10,17-19H,11H2,1-3H3. The molecule has 0 aliphatic heterocycles. The largest absolute Gasteiger partial charge is 0.497 e. The van der Waals surface area contributed by atoms with Gasteiger partial charge in [-0.25, -0.2) is 0 Å². The van der Waals surface area contributed by atoms with Crippen LogP contribution in [0.1, 0.15) is 22.7 Å². The highest BCUT2D eigenvalue weighted by Crippen LogP contribution is 2.24. The summed E-state index contributed by atoms with van der Waals surface area (Å²) in [5.74, 6) is 0.798. The summed E-state index contributed by atoms with van der Waals surface area (Å²) >= 11 is 0. The van der Waals surface area contributed by atoms with Crippen molar-refractivity contribution in [3.63, 3.8) is 0 Å². The number of aliphatic hydroxyl groups is 1. The normalized spacial score (nSPS) is 12.0. The molecule has 3 nitrogen and oxygen atoms in total. The zero-order valence-electron chi connectivity index (χ0n) is 12.2. The molecule has 0 saturated carbocycles. The first-order chi connectivity index (χ1) is 9.62. The molecule has 106 valence electrons. The van der Waals surface area contributed by atoms with Gasteiger partial charge >= 0.3 is 0 Å². The molecule has 2 rings (SSSR count). The molecule has 0 fully saturated rings. The Labute approximate surface area is 120 Å². The van der Waals surface area contributed by atoms with Crippen LogP contribution in [0.25, 0.3) is 0 Å². The van der Waals surface area contributed by atoms with Crippen LogP contribution in [0.2, 0.25) is 0 Å². The van der Waals surface area contributed by atoms with Crippen LogP contribution in [0.4, 0.5) is 5.69 Å². The van der Waals surface area contributed by atoms with Crippen molar-refractivity contribution in [3.05, 3.63) is 59.2 Å². The van der Waals surface area contributed by atoms with Crippen molar-refractivity contribution in [1.82, 2.24) is 0 Å². The van der Waals surface area contributed by atoms with E-state index < -0.39 is 0 Å². The van der Waals surface area contributed by atoms with Gasteiger partial charge in [0.05, 0.1) is 19.8 Å². The molecule has 0 spiro atoms. The van der Waals surface area contributed by atoms with Crippen LogP contribution in [0, 0.1) is 13.8 Å². The minimum Gasteiger partial charge on any atom is -0.497 e.